The van der Waals surface area contributed by atoms with Crippen molar-refractivity contribution in [3.8, 4) is 11.6 Å². The number of hydrogen-bond donors (Lipinski definition) is 0. The van der Waals surface area contributed by atoms with Crippen LogP contribution < -0.4 is 0 Å². The Hall–Kier alpha value is -2.15. The first-order valence-electron chi connectivity index (χ1n) is 7.63. The van der Waals surface area contributed by atoms with Gasteiger partial charge in [0.2, 0.25) is 17.6 Å². The summed E-state index contributed by atoms with van der Waals surface area (Å²) in [6.07, 6.45) is 3.11. The van der Waals surface area contributed by atoms with Gasteiger partial charge >= 0.3 is 0 Å². The number of carbonyl (C=O) groups is 1. The predicted molar refractivity (Wildman–Crippen MR) is 78.8 cm³/mol. The van der Waals surface area contributed by atoms with Crippen molar-refractivity contribution in [1.29, 1.82) is 0 Å². The highest BCUT2D eigenvalue weighted by atomic mass is 16.5. The summed E-state index contributed by atoms with van der Waals surface area (Å²) >= 11 is 0. The summed E-state index contributed by atoms with van der Waals surface area (Å²) in [7, 11) is 0. The van der Waals surface area contributed by atoms with Crippen LogP contribution in [0.2, 0.25) is 0 Å². The fourth-order valence-electron chi connectivity index (χ4n) is 2.62. The highest BCUT2D eigenvalue weighted by molar-refractivity contribution is 5.75. The van der Waals surface area contributed by atoms with Gasteiger partial charge in [-0.15, -0.1) is 0 Å². The Morgan fingerprint density at radius 1 is 1.32 bits per heavy atom. The Kier molecular flexibility index (Phi) is 4.53. The van der Waals surface area contributed by atoms with Gasteiger partial charge in [0.05, 0.1) is 12.8 Å². The van der Waals surface area contributed by atoms with E-state index in [1.165, 1.54) is 0 Å². The summed E-state index contributed by atoms with van der Waals surface area (Å²) < 4.78 is 10.5. The Bertz CT molecular complexity index is 608. The van der Waals surface area contributed by atoms with E-state index in [4.69, 9.17) is 8.94 Å². The van der Waals surface area contributed by atoms with Crippen LogP contribution >= 0.6 is 0 Å². The van der Waals surface area contributed by atoms with Gasteiger partial charge in [0, 0.05) is 32.6 Å². The third-order valence-electron chi connectivity index (χ3n) is 3.81. The molecule has 0 spiro atoms. The highest BCUT2D eigenvalue weighted by Crippen LogP contribution is 2.17. The first kappa shape index (κ1) is 14.8. The number of nitrogens with zero attached hydrogens (tertiary/aromatic N) is 4. The van der Waals surface area contributed by atoms with Crippen LogP contribution in [0.25, 0.3) is 11.6 Å². The second kappa shape index (κ2) is 6.74. The van der Waals surface area contributed by atoms with Crippen LogP contribution in [0.5, 0.6) is 0 Å². The van der Waals surface area contributed by atoms with E-state index in [1.54, 1.807) is 18.4 Å². The summed E-state index contributed by atoms with van der Waals surface area (Å²) in [5.41, 5.74) is 0. The van der Waals surface area contributed by atoms with E-state index in [-0.39, 0.29) is 5.91 Å². The van der Waals surface area contributed by atoms with Crippen LogP contribution in [0.1, 0.15) is 25.7 Å². The van der Waals surface area contributed by atoms with Gasteiger partial charge in [0.1, 0.15) is 0 Å². The molecule has 2 aromatic heterocycles. The van der Waals surface area contributed by atoms with E-state index < -0.39 is 0 Å². The molecule has 3 heterocycles. The summed E-state index contributed by atoms with van der Waals surface area (Å²) in [4.78, 5) is 20.3. The lowest BCUT2D eigenvalue weighted by molar-refractivity contribution is -0.130. The molecule has 3 rings (SSSR count). The molecule has 0 unspecified atom stereocenters. The molecule has 7 heteroatoms. The molecule has 0 atom stereocenters. The zero-order valence-electron chi connectivity index (χ0n) is 12.7. The zero-order chi connectivity index (χ0) is 15.4. The number of hydrogen-bond acceptors (Lipinski definition) is 6. The molecule has 0 aromatic carbocycles. The molecule has 1 saturated heterocycles. The van der Waals surface area contributed by atoms with Crippen molar-refractivity contribution in [2.45, 2.75) is 26.3 Å². The third-order valence-corrected chi connectivity index (χ3v) is 3.81. The molecule has 22 heavy (non-hydrogen) atoms. The Morgan fingerprint density at radius 2 is 2.23 bits per heavy atom. The second-order valence-electron chi connectivity index (χ2n) is 5.35. The molecule has 0 bridgehead atoms. The van der Waals surface area contributed by atoms with Crippen molar-refractivity contribution < 1.29 is 13.7 Å². The number of carbonyl (C=O) groups excluding carboxylic acids is 1. The molecule has 1 amide bonds. The van der Waals surface area contributed by atoms with E-state index >= 15 is 0 Å². The molecule has 1 fully saturated rings. The zero-order valence-corrected chi connectivity index (χ0v) is 12.7. The van der Waals surface area contributed by atoms with Crippen LogP contribution in [0.4, 0.5) is 0 Å². The van der Waals surface area contributed by atoms with Crippen molar-refractivity contribution in [3.63, 3.8) is 0 Å². The van der Waals surface area contributed by atoms with Crippen molar-refractivity contribution >= 4 is 5.91 Å². The fraction of sp³-hybridized carbons (Fsp3) is 0.533. The van der Waals surface area contributed by atoms with Crippen LogP contribution in [-0.2, 0) is 11.3 Å². The second-order valence-corrected chi connectivity index (χ2v) is 5.35. The van der Waals surface area contributed by atoms with Gasteiger partial charge < -0.3 is 13.8 Å². The molecular formula is C15H20N4O3. The molecule has 1 aliphatic heterocycles. The molecular weight excluding hydrogens is 284 g/mol. The Balaban J connectivity index is 1.58. The molecule has 0 aliphatic carbocycles. The predicted octanol–water partition coefficient (Wildman–Crippen LogP) is 1.77. The molecule has 2 aromatic rings. The number of rotatable bonds is 4. The number of amides is 1. The monoisotopic (exact) mass is 304 g/mol. The summed E-state index contributed by atoms with van der Waals surface area (Å²) in [5.74, 6) is 1.87. The van der Waals surface area contributed by atoms with E-state index in [2.05, 4.69) is 15.0 Å². The maximum Gasteiger partial charge on any atom is 0.241 e. The van der Waals surface area contributed by atoms with Crippen molar-refractivity contribution in [1.82, 2.24) is 19.9 Å². The van der Waals surface area contributed by atoms with Gasteiger partial charge in [-0.1, -0.05) is 12.1 Å². The van der Waals surface area contributed by atoms with Gasteiger partial charge in [-0.05, 0) is 18.6 Å². The van der Waals surface area contributed by atoms with Gasteiger partial charge in [-0.25, -0.2) is 0 Å². The lowest BCUT2D eigenvalue weighted by atomic mass is 10.3. The average molecular weight is 304 g/mol. The third kappa shape index (κ3) is 3.36. The van der Waals surface area contributed by atoms with Gasteiger partial charge in [0.25, 0.3) is 0 Å². The van der Waals surface area contributed by atoms with E-state index in [9.17, 15) is 4.79 Å². The molecule has 0 radical (unpaired) electrons. The van der Waals surface area contributed by atoms with Crippen LogP contribution in [0, 0.1) is 0 Å². The van der Waals surface area contributed by atoms with E-state index in [0.29, 0.717) is 30.4 Å². The Morgan fingerprint density at radius 3 is 3.00 bits per heavy atom. The first-order valence-corrected chi connectivity index (χ1v) is 7.63. The smallest absolute Gasteiger partial charge is 0.241 e. The number of aromatic nitrogens is 2. The van der Waals surface area contributed by atoms with Crippen LogP contribution in [-0.4, -0.2) is 52.0 Å². The topological polar surface area (TPSA) is 75.6 Å². The van der Waals surface area contributed by atoms with Crippen LogP contribution in [0.15, 0.2) is 27.3 Å². The lowest BCUT2D eigenvalue weighted by Gasteiger charge is -2.20. The normalized spacial score (nSPS) is 16.7. The molecule has 1 aliphatic rings. The lowest BCUT2D eigenvalue weighted by Crippen LogP contribution is -2.34. The SMILES string of the molecule is CCC(=O)N1CCCN(Cc2nc(-c3ccco3)no2)CC1. The van der Waals surface area contributed by atoms with Gasteiger partial charge in [0.15, 0.2) is 5.76 Å². The van der Waals surface area contributed by atoms with Crippen molar-refractivity contribution in [3.05, 3.63) is 24.3 Å². The summed E-state index contributed by atoms with van der Waals surface area (Å²) in [6, 6.07) is 3.59. The highest BCUT2D eigenvalue weighted by Gasteiger charge is 2.20. The summed E-state index contributed by atoms with van der Waals surface area (Å²) in [5, 5.41) is 3.93. The van der Waals surface area contributed by atoms with Gasteiger partial charge in [-0.2, -0.15) is 4.98 Å². The fourth-order valence-corrected chi connectivity index (χ4v) is 2.62. The van der Waals surface area contributed by atoms with Crippen molar-refractivity contribution in [2.75, 3.05) is 26.2 Å². The van der Waals surface area contributed by atoms with E-state index in [0.717, 1.165) is 32.6 Å². The summed E-state index contributed by atoms with van der Waals surface area (Å²) in [6.45, 7) is 5.83. The standard InChI is InChI=1S/C15H20N4O3/c1-2-14(20)19-7-4-6-18(8-9-19)11-13-16-15(17-22-13)12-5-3-10-21-12/h3,5,10H,2,4,6-9,11H2,1H3. The molecule has 0 saturated carbocycles. The van der Waals surface area contributed by atoms with Crippen molar-refractivity contribution in [2.24, 2.45) is 0 Å². The quantitative estimate of drug-likeness (QED) is 0.857. The molecule has 7 nitrogen and oxygen atoms in total. The average Bonchev–Trinajstić information content (AvgIpc) is 3.15. The molecule has 0 N–H and O–H groups in total. The van der Waals surface area contributed by atoms with E-state index in [1.807, 2.05) is 11.8 Å². The Labute approximate surface area is 128 Å². The molecule has 118 valence electrons. The minimum Gasteiger partial charge on any atom is -0.461 e. The maximum atomic E-state index is 11.8. The maximum absolute atomic E-state index is 11.8. The van der Waals surface area contributed by atoms with Crippen LogP contribution in [0.3, 0.4) is 0 Å². The minimum absolute atomic E-state index is 0.222. The minimum atomic E-state index is 0.222. The largest absolute Gasteiger partial charge is 0.461 e. The number of furan rings is 1. The first-order chi connectivity index (χ1) is 10.8. The van der Waals surface area contributed by atoms with Gasteiger partial charge in [-0.3, -0.25) is 9.69 Å².